The third-order valence-corrected chi connectivity index (χ3v) is 3.40. The van der Waals surface area contributed by atoms with Crippen LogP contribution in [0.2, 0.25) is 0 Å². The zero-order valence-electron chi connectivity index (χ0n) is 14.3. The number of methoxy groups -OCH3 is 1. The second-order valence-electron chi connectivity index (χ2n) is 5.11. The van der Waals surface area contributed by atoms with Gasteiger partial charge in [-0.3, -0.25) is 9.59 Å². The number of esters is 1. The molecule has 0 spiro atoms. The molecule has 6 heteroatoms. The van der Waals surface area contributed by atoms with Crippen molar-refractivity contribution in [3.63, 3.8) is 0 Å². The Bertz CT molecular complexity index is 712. The van der Waals surface area contributed by atoms with E-state index in [1.807, 2.05) is 25.1 Å². The monoisotopic (exact) mass is 343 g/mol. The van der Waals surface area contributed by atoms with Gasteiger partial charge in [0, 0.05) is 11.1 Å². The molecule has 0 unspecified atom stereocenters. The smallest absolute Gasteiger partial charge is 0.325 e. The fourth-order valence-electron chi connectivity index (χ4n) is 2.16. The van der Waals surface area contributed by atoms with Crippen molar-refractivity contribution in [1.82, 2.24) is 5.32 Å². The van der Waals surface area contributed by atoms with E-state index in [1.165, 1.54) is 0 Å². The average molecular weight is 343 g/mol. The quantitative estimate of drug-likeness (QED) is 0.746. The lowest BCUT2D eigenvalue weighted by Crippen LogP contribution is -2.30. The SMILES string of the molecule is CCOc1ccc(C(=O)NCC(=O)OCc2ccccc2OC)cc1. The average Bonchev–Trinajstić information content (AvgIpc) is 2.65. The first kappa shape index (κ1) is 18.3. The van der Waals surface area contributed by atoms with Gasteiger partial charge >= 0.3 is 5.97 Å². The van der Waals surface area contributed by atoms with Gasteiger partial charge in [0.1, 0.15) is 24.7 Å². The Balaban J connectivity index is 1.80. The standard InChI is InChI=1S/C19H21NO5/c1-3-24-16-10-8-14(9-11-16)19(22)20-12-18(21)25-13-15-6-4-5-7-17(15)23-2/h4-11H,3,12-13H2,1-2H3,(H,20,22). The van der Waals surface area contributed by atoms with E-state index in [4.69, 9.17) is 14.2 Å². The van der Waals surface area contributed by atoms with E-state index in [0.29, 0.717) is 23.7 Å². The Morgan fingerprint density at radius 3 is 2.44 bits per heavy atom. The Morgan fingerprint density at radius 1 is 1.04 bits per heavy atom. The first-order valence-corrected chi connectivity index (χ1v) is 7.92. The number of ether oxygens (including phenoxy) is 3. The normalized spacial score (nSPS) is 10.0. The minimum Gasteiger partial charge on any atom is -0.496 e. The van der Waals surface area contributed by atoms with Crippen molar-refractivity contribution in [3.8, 4) is 11.5 Å². The van der Waals surface area contributed by atoms with E-state index in [9.17, 15) is 9.59 Å². The second-order valence-corrected chi connectivity index (χ2v) is 5.11. The molecular formula is C19H21NO5. The van der Waals surface area contributed by atoms with Gasteiger partial charge in [-0.15, -0.1) is 0 Å². The Kier molecular flexibility index (Phi) is 6.83. The molecule has 1 N–H and O–H groups in total. The largest absolute Gasteiger partial charge is 0.496 e. The van der Waals surface area contributed by atoms with E-state index in [2.05, 4.69) is 5.32 Å². The van der Waals surface area contributed by atoms with E-state index in [0.717, 1.165) is 5.56 Å². The van der Waals surface area contributed by atoms with Gasteiger partial charge in [0.2, 0.25) is 0 Å². The number of hydrogen-bond acceptors (Lipinski definition) is 5. The lowest BCUT2D eigenvalue weighted by Gasteiger charge is -2.10. The summed E-state index contributed by atoms with van der Waals surface area (Å²) in [5, 5.41) is 2.53. The van der Waals surface area contributed by atoms with Crippen LogP contribution < -0.4 is 14.8 Å². The zero-order valence-corrected chi connectivity index (χ0v) is 14.3. The third kappa shape index (κ3) is 5.53. The summed E-state index contributed by atoms with van der Waals surface area (Å²) in [4.78, 5) is 23.8. The zero-order chi connectivity index (χ0) is 18.1. The number of hydrogen-bond donors (Lipinski definition) is 1. The lowest BCUT2D eigenvalue weighted by molar-refractivity contribution is -0.143. The molecule has 0 aliphatic carbocycles. The minimum absolute atomic E-state index is 0.0851. The fraction of sp³-hybridized carbons (Fsp3) is 0.263. The molecular weight excluding hydrogens is 322 g/mol. The molecule has 0 fully saturated rings. The molecule has 0 aliphatic heterocycles. The molecule has 0 heterocycles. The van der Waals surface area contributed by atoms with Gasteiger partial charge in [0.15, 0.2) is 0 Å². The summed E-state index contributed by atoms with van der Waals surface area (Å²) in [6.07, 6.45) is 0. The molecule has 0 aliphatic rings. The fourth-order valence-corrected chi connectivity index (χ4v) is 2.16. The summed E-state index contributed by atoms with van der Waals surface area (Å²) in [6.45, 7) is 2.32. The van der Waals surface area contributed by atoms with Gasteiger partial charge < -0.3 is 19.5 Å². The van der Waals surface area contributed by atoms with Crippen LogP contribution in [0.25, 0.3) is 0 Å². The van der Waals surface area contributed by atoms with Crippen LogP contribution in [0, 0.1) is 0 Å². The second kappa shape index (κ2) is 9.32. The van der Waals surface area contributed by atoms with Crippen LogP contribution in [0.5, 0.6) is 11.5 Å². The van der Waals surface area contributed by atoms with Crippen molar-refractivity contribution in [2.24, 2.45) is 0 Å². The summed E-state index contributed by atoms with van der Waals surface area (Å²) in [5.74, 6) is 0.464. The molecule has 2 aromatic carbocycles. The minimum atomic E-state index is -0.523. The molecule has 25 heavy (non-hydrogen) atoms. The van der Waals surface area contributed by atoms with Crippen LogP contribution in [0.15, 0.2) is 48.5 Å². The van der Waals surface area contributed by atoms with Crippen LogP contribution in [0.4, 0.5) is 0 Å². The van der Waals surface area contributed by atoms with Gasteiger partial charge in [0.05, 0.1) is 13.7 Å². The number of rotatable bonds is 8. The molecule has 1 amide bonds. The topological polar surface area (TPSA) is 73.9 Å². The molecule has 6 nitrogen and oxygen atoms in total. The maximum absolute atomic E-state index is 12.0. The van der Waals surface area contributed by atoms with Crippen LogP contribution in [-0.4, -0.2) is 32.1 Å². The number of amides is 1. The van der Waals surface area contributed by atoms with Crippen LogP contribution in [-0.2, 0) is 16.1 Å². The van der Waals surface area contributed by atoms with Crippen molar-refractivity contribution >= 4 is 11.9 Å². The predicted octanol–water partition coefficient (Wildman–Crippen LogP) is 2.57. The maximum Gasteiger partial charge on any atom is 0.325 e. The number of benzene rings is 2. The third-order valence-electron chi connectivity index (χ3n) is 3.40. The molecule has 0 saturated heterocycles. The van der Waals surface area contributed by atoms with Crippen molar-refractivity contribution < 1.29 is 23.8 Å². The first-order valence-electron chi connectivity index (χ1n) is 7.92. The highest BCUT2D eigenvalue weighted by Crippen LogP contribution is 2.18. The van der Waals surface area contributed by atoms with Crippen molar-refractivity contribution in [2.75, 3.05) is 20.3 Å². The van der Waals surface area contributed by atoms with Gasteiger partial charge in [-0.25, -0.2) is 0 Å². The van der Waals surface area contributed by atoms with Crippen molar-refractivity contribution in [3.05, 3.63) is 59.7 Å². The maximum atomic E-state index is 12.0. The molecule has 0 radical (unpaired) electrons. The van der Waals surface area contributed by atoms with Crippen LogP contribution in [0.1, 0.15) is 22.8 Å². The number of carbonyl (C=O) groups excluding carboxylic acids is 2. The molecule has 0 saturated carbocycles. The van der Waals surface area contributed by atoms with E-state index in [1.54, 1.807) is 37.4 Å². The molecule has 0 bridgehead atoms. The van der Waals surface area contributed by atoms with Crippen LogP contribution in [0.3, 0.4) is 0 Å². The highest BCUT2D eigenvalue weighted by Gasteiger charge is 2.10. The summed E-state index contributed by atoms with van der Waals surface area (Å²) in [7, 11) is 1.55. The first-order chi connectivity index (χ1) is 12.1. The van der Waals surface area contributed by atoms with E-state index >= 15 is 0 Å². The van der Waals surface area contributed by atoms with Gasteiger partial charge in [-0.1, -0.05) is 18.2 Å². The highest BCUT2D eigenvalue weighted by molar-refractivity contribution is 5.96. The van der Waals surface area contributed by atoms with Gasteiger partial charge in [-0.05, 0) is 37.3 Å². The number of nitrogens with one attached hydrogen (secondary N) is 1. The Labute approximate surface area is 146 Å². The molecule has 2 rings (SSSR count). The van der Waals surface area contributed by atoms with Crippen molar-refractivity contribution in [2.45, 2.75) is 13.5 Å². The molecule has 2 aromatic rings. The van der Waals surface area contributed by atoms with Crippen molar-refractivity contribution in [1.29, 1.82) is 0 Å². The Hall–Kier alpha value is -3.02. The van der Waals surface area contributed by atoms with E-state index in [-0.39, 0.29) is 19.1 Å². The Morgan fingerprint density at radius 2 is 1.76 bits per heavy atom. The van der Waals surface area contributed by atoms with Gasteiger partial charge in [0.25, 0.3) is 5.91 Å². The predicted molar refractivity (Wildman–Crippen MR) is 92.7 cm³/mol. The number of carbonyl (C=O) groups is 2. The lowest BCUT2D eigenvalue weighted by atomic mass is 10.2. The molecule has 0 aromatic heterocycles. The summed E-state index contributed by atoms with van der Waals surface area (Å²) < 4.78 is 15.7. The number of para-hydroxylation sites is 1. The summed E-state index contributed by atoms with van der Waals surface area (Å²) in [5.41, 5.74) is 1.21. The molecule has 0 atom stereocenters. The van der Waals surface area contributed by atoms with E-state index < -0.39 is 5.97 Å². The summed E-state index contributed by atoms with van der Waals surface area (Å²) in [6, 6.07) is 14.0. The highest BCUT2D eigenvalue weighted by atomic mass is 16.5. The van der Waals surface area contributed by atoms with Gasteiger partial charge in [-0.2, -0.15) is 0 Å². The molecule has 132 valence electrons. The van der Waals surface area contributed by atoms with Crippen LogP contribution >= 0.6 is 0 Å². The summed E-state index contributed by atoms with van der Waals surface area (Å²) >= 11 is 0.